The number of hydrogen-bond acceptors (Lipinski definition) is 4. The van der Waals surface area contributed by atoms with Crippen molar-refractivity contribution >= 4 is 32.3 Å². The van der Waals surface area contributed by atoms with Crippen molar-refractivity contribution in [2.24, 2.45) is 0 Å². The van der Waals surface area contributed by atoms with Crippen LogP contribution in [0.2, 0.25) is 0 Å². The highest BCUT2D eigenvalue weighted by molar-refractivity contribution is 6.29. The lowest BCUT2D eigenvalue weighted by atomic mass is 9.91. The minimum atomic E-state index is 0.732. The van der Waals surface area contributed by atoms with Crippen molar-refractivity contribution in [3.63, 3.8) is 0 Å². The second-order valence-electron chi connectivity index (χ2n) is 5.59. The van der Waals surface area contributed by atoms with Gasteiger partial charge in [0.05, 0.1) is 28.4 Å². The molecular weight excluding hydrogens is 304 g/mol. The van der Waals surface area contributed by atoms with Gasteiger partial charge < -0.3 is 18.9 Å². The molecule has 0 aliphatic heterocycles. The molecule has 0 saturated heterocycles. The van der Waals surface area contributed by atoms with Gasteiger partial charge in [-0.2, -0.15) is 0 Å². The van der Waals surface area contributed by atoms with Crippen LogP contribution in [0.1, 0.15) is 0 Å². The summed E-state index contributed by atoms with van der Waals surface area (Å²) >= 11 is 0. The van der Waals surface area contributed by atoms with Gasteiger partial charge in [-0.3, -0.25) is 0 Å². The summed E-state index contributed by atoms with van der Waals surface area (Å²) in [5.41, 5.74) is 0. The zero-order valence-electron chi connectivity index (χ0n) is 14.1. The van der Waals surface area contributed by atoms with E-state index in [-0.39, 0.29) is 0 Å². The molecule has 0 spiro atoms. The highest BCUT2D eigenvalue weighted by atomic mass is 16.5. The lowest BCUT2D eigenvalue weighted by Crippen LogP contribution is -1.98. The highest BCUT2D eigenvalue weighted by Crippen LogP contribution is 2.52. The molecule has 0 fully saturated rings. The Labute approximate surface area is 139 Å². The number of hydrogen-bond donors (Lipinski definition) is 0. The van der Waals surface area contributed by atoms with E-state index in [9.17, 15) is 0 Å². The van der Waals surface area contributed by atoms with Crippen LogP contribution in [-0.4, -0.2) is 28.4 Å². The van der Waals surface area contributed by atoms with Crippen molar-refractivity contribution in [3.05, 3.63) is 36.4 Å². The van der Waals surface area contributed by atoms with Gasteiger partial charge >= 0.3 is 0 Å². The molecule has 0 heterocycles. The molecule has 0 N–H and O–H groups in total. The van der Waals surface area contributed by atoms with E-state index in [1.54, 1.807) is 28.4 Å². The zero-order valence-corrected chi connectivity index (χ0v) is 14.1. The highest BCUT2D eigenvalue weighted by Gasteiger charge is 2.24. The third-order valence-corrected chi connectivity index (χ3v) is 4.59. The Kier molecular flexibility index (Phi) is 3.27. The van der Waals surface area contributed by atoms with Gasteiger partial charge in [0, 0.05) is 32.3 Å². The van der Waals surface area contributed by atoms with Crippen molar-refractivity contribution in [3.8, 4) is 23.0 Å². The average Bonchev–Trinajstić information content (AvgIpc) is 2.64. The molecule has 0 aliphatic rings. The molecule has 4 rings (SSSR count). The molecule has 0 amide bonds. The van der Waals surface area contributed by atoms with Crippen LogP contribution in [0.25, 0.3) is 32.3 Å². The molecule has 4 aromatic carbocycles. The number of methoxy groups -OCH3 is 4. The van der Waals surface area contributed by atoms with E-state index in [1.807, 2.05) is 36.4 Å². The van der Waals surface area contributed by atoms with Gasteiger partial charge in [0.15, 0.2) is 23.0 Å². The average molecular weight is 322 g/mol. The maximum Gasteiger partial charge on any atom is 0.169 e. The Morgan fingerprint density at radius 1 is 0.458 bits per heavy atom. The molecule has 0 radical (unpaired) electrons. The van der Waals surface area contributed by atoms with Crippen molar-refractivity contribution in [2.75, 3.05) is 28.4 Å². The molecule has 0 atom stereocenters. The van der Waals surface area contributed by atoms with Gasteiger partial charge in [0.2, 0.25) is 0 Å². The Bertz CT molecular complexity index is 890. The first-order chi connectivity index (χ1) is 11.8. The summed E-state index contributed by atoms with van der Waals surface area (Å²) in [7, 11) is 6.66. The summed E-state index contributed by atoms with van der Waals surface area (Å²) in [4.78, 5) is 0. The smallest absolute Gasteiger partial charge is 0.169 e. The molecule has 0 saturated carbocycles. The molecule has 0 unspecified atom stereocenters. The topological polar surface area (TPSA) is 36.9 Å². The van der Waals surface area contributed by atoms with Gasteiger partial charge in [-0.05, 0) is 0 Å². The second kappa shape index (κ2) is 5.34. The van der Waals surface area contributed by atoms with Crippen molar-refractivity contribution in [1.29, 1.82) is 0 Å². The molecule has 4 heteroatoms. The molecule has 0 bridgehead atoms. The molecular formula is C20H18O4. The Morgan fingerprint density at radius 3 is 0.917 bits per heavy atom. The molecule has 4 aromatic rings. The summed E-state index contributed by atoms with van der Waals surface area (Å²) in [5, 5.41) is 6.18. The van der Waals surface area contributed by atoms with E-state index in [0.717, 1.165) is 55.3 Å². The summed E-state index contributed by atoms with van der Waals surface area (Å²) in [6.45, 7) is 0. The summed E-state index contributed by atoms with van der Waals surface area (Å²) < 4.78 is 22.7. The first-order valence-electron chi connectivity index (χ1n) is 7.69. The zero-order chi connectivity index (χ0) is 16.8. The number of benzene rings is 4. The second-order valence-corrected chi connectivity index (χ2v) is 5.59. The predicted molar refractivity (Wildman–Crippen MR) is 96.4 cm³/mol. The van der Waals surface area contributed by atoms with Crippen LogP contribution in [0.4, 0.5) is 0 Å². The fourth-order valence-electron chi connectivity index (χ4n) is 3.70. The largest absolute Gasteiger partial charge is 0.492 e. The SMILES string of the molecule is COc1c(OC)c2cccc3c(OC)c(OC)c4cccc1c4c23. The van der Waals surface area contributed by atoms with Crippen LogP contribution in [0.15, 0.2) is 36.4 Å². The van der Waals surface area contributed by atoms with Crippen LogP contribution < -0.4 is 18.9 Å². The predicted octanol–water partition coefficient (Wildman–Crippen LogP) is 4.62. The van der Waals surface area contributed by atoms with Crippen LogP contribution in [0.5, 0.6) is 23.0 Å². The van der Waals surface area contributed by atoms with Crippen LogP contribution in [0, 0.1) is 0 Å². The van der Waals surface area contributed by atoms with Crippen molar-refractivity contribution < 1.29 is 18.9 Å². The van der Waals surface area contributed by atoms with Gasteiger partial charge in [0.1, 0.15) is 0 Å². The molecule has 122 valence electrons. The quantitative estimate of drug-likeness (QED) is 0.514. The van der Waals surface area contributed by atoms with E-state index >= 15 is 0 Å². The molecule has 0 aromatic heterocycles. The van der Waals surface area contributed by atoms with Crippen LogP contribution in [0.3, 0.4) is 0 Å². The fourth-order valence-corrected chi connectivity index (χ4v) is 3.70. The monoisotopic (exact) mass is 322 g/mol. The standard InChI is InChI=1S/C20H18O4/c1-21-17-11-7-5-9-13-15(11)16-12(18(17)22-2)8-6-10-14(16)20(24-4)19(13)23-3/h5-10H,1-4H3. The third-order valence-electron chi connectivity index (χ3n) is 4.59. The van der Waals surface area contributed by atoms with Gasteiger partial charge in [0.25, 0.3) is 0 Å². The Morgan fingerprint density at radius 2 is 0.708 bits per heavy atom. The van der Waals surface area contributed by atoms with Gasteiger partial charge in [-0.15, -0.1) is 0 Å². The number of rotatable bonds is 4. The van der Waals surface area contributed by atoms with Gasteiger partial charge in [-0.1, -0.05) is 36.4 Å². The van der Waals surface area contributed by atoms with E-state index < -0.39 is 0 Å². The Balaban J connectivity index is 2.42. The number of ether oxygens (including phenoxy) is 4. The maximum atomic E-state index is 5.69. The first kappa shape index (κ1) is 14.7. The Hall–Kier alpha value is -2.88. The molecule has 24 heavy (non-hydrogen) atoms. The minimum absolute atomic E-state index is 0.732. The van der Waals surface area contributed by atoms with Crippen LogP contribution >= 0.6 is 0 Å². The third kappa shape index (κ3) is 1.68. The van der Waals surface area contributed by atoms with Crippen LogP contribution in [-0.2, 0) is 0 Å². The van der Waals surface area contributed by atoms with Crippen molar-refractivity contribution in [1.82, 2.24) is 0 Å². The first-order valence-corrected chi connectivity index (χ1v) is 7.69. The van der Waals surface area contributed by atoms with Gasteiger partial charge in [-0.25, -0.2) is 0 Å². The van der Waals surface area contributed by atoms with E-state index in [2.05, 4.69) is 0 Å². The maximum absolute atomic E-state index is 5.69. The normalized spacial score (nSPS) is 11.3. The lowest BCUT2D eigenvalue weighted by molar-refractivity contribution is 0.360. The summed E-state index contributed by atoms with van der Waals surface area (Å²) in [6.07, 6.45) is 0. The summed E-state index contributed by atoms with van der Waals surface area (Å²) in [5.74, 6) is 2.93. The van der Waals surface area contributed by atoms with E-state index in [0.29, 0.717) is 0 Å². The molecule has 4 nitrogen and oxygen atoms in total. The van der Waals surface area contributed by atoms with E-state index in [4.69, 9.17) is 18.9 Å². The van der Waals surface area contributed by atoms with E-state index in [1.165, 1.54) is 0 Å². The van der Waals surface area contributed by atoms with Crippen molar-refractivity contribution in [2.45, 2.75) is 0 Å². The lowest BCUT2D eigenvalue weighted by Gasteiger charge is -2.21. The molecule has 0 aliphatic carbocycles. The summed E-state index contributed by atoms with van der Waals surface area (Å²) in [6, 6.07) is 12.2. The fraction of sp³-hybridized carbons (Fsp3) is 0.200. The minimum Gasteiger partial charge on any atom is -0.492 e.